The zero-order valence-corrected chi connectivity index (χ0v) is 16.4. The van der Waals surface area contributed by atoms with E-state index in [0.29, 0.717) is 17.4 Å². The highest BCUT2D eigenvalue weighted by Gasteiger charge is 2.20. The molecule has 0 unspecified atom stereocenters. The maximum atomic E-state index is 12.3. The summed E-state index contributed by atoms with van der Waals surface area (Å²) in [7, 11) is 1.80. The van der Waals surface area contributed by atoms with Crippen molar-refractivity contribution >= 4 is 17.5 Å². The fourth-order valence-corrected chi connectivity index (χ4v) is 2.84. The molecule has 2 aromatic heterocycles. The molecule has 27 heavy (non-hydrogen) atoms. The van der Waals surface area contributed by atoms with E-state index in [2.05, 4.69) is 46.8 Å². The molecule has 1 fully saturated rings. The summed E-state index contributed by atoms with van der Waals surface area (Å²) in [6.45, 7) is 8.18. The molecule has 3 heterocycles. The van der Waals surface area contributed by atoms with Crippen LogP contribution in [0.25, 0.3) is 0 Å². The van der Waals surface area contributed by atoms with Gasteiger partial charge in [-0.3, -0.25) is 10.00 Å². The van der Waals surface area contributed by atoms with E-state index in [1.807, 2.05) is 6.07 Å². The van der Waals surface area contributed by atoms with Crippen molar-refractivity contribution in [1.82, 2.24) is 20.1 Å². The number of piperidine rings is 1. The zero-order chi connectivity index (χ0) is 19.4. The van der Waals surface area contributed by atoms with E-state index >= 15 is 0 Å². The number of pyridine rings is 1. The summed E-state index contributed by atoms with van der Waals surface area (Å²) in [5, 5.41) is 13.3. The zero-order valence-electron chi connectivity index (χ0n) is 16.4. The summed E-state index contributed by atoms with van der Waals surface area (Å²) < 4.78 is 7.53. The highest BCUT2D eigenvalue weighted by molar-refractivity contribution is 5.99. The third-order valence-corrected chi connectivity index (χ3v) is 4.46. The summed E-state index contributed by atoms with van der Waals surface area (Å²) >= 11 is 0. The predicted octanol–water partition coefficient (Wildman–Crippen LogP) is 2.89. The van der Waals surface area contributed by atoms with Crippen LogP contribution in [0.4, 0.5) is 16.3 Å². The van der Waals surface area contributed by atoms with Gasteiger partial charge in [-0.15, -0.1) is 0 Å². The quantitative estimate of drug-likeness (QED) is 0.767. The molecule has 1 aliphatic rings. The second-order valence-electron chi connectivity index (χ2n) is 7.82. The Labute approximate surface area is 159 Å². The Bertz CT molecular complexity index is 772. The lowest BCUT2D eigenvalue weighted by Gasteiger charge is -2.23. The highest BCUT2D eigenvalue weighted by atomic mass is 16.5. The molecule has 0 radical (unpaired) electrons. The lowest BCUT2D eigenvalue weighted by atomic mass is 9.92. The smallest absolute Gasteiger partial charge is 0.324 e. The molecule has 0 bridgehead atoms. The Morgan fingerprint density at radius 2 is 2.00 bits per heavy atom. The van der Waals surface area contributed by atoms with Gasteiger partial charge in [-0.2, -0.15) is 5.10 Å². The molecule has 1 saturated heterocycles. The molecule has 8 heteroatoms. The van der Waals surface area contributed by atoms with Crippen LogP contribution in [-0.4, -0.2) is 40.0 Å². The Balaban J connectivity index is 1.55. The minimum atomic E-state index is -0.340. The van der Waals surface area contributed by atoms with Crippen LogP contribution >= 0.6 is 0 Å². The Morgan fingerprint density at radius 1 is 1.26 bits per heavy atom. The molecule has 0 saturated carbocycles. The van der Waals surface area contributed by atoms with Gasteiger partial charge in [0.2, 0.25) is 5.88 Å². The SMILES string of the molecule is Cn1nc(C(C)(C)C)cc1NC(=O)Nc1ccc(OC2CCNCC2)nc1. The molecule has 3 rings (SSSR count). The molecule has 1 aliphatic heterocycles. The van der Waals surface area contributed by atoms with Gasteiger partial charge in [-0.25, -0.2) is 9.78 Å². The minimum Gasteiger partial charge on any atom is -0.474 e. The third kappa shape index (κ3) is 5.19. The molecule has 2 aromatic rings. The van der Waals surface area contributed by atoms with Crippen LogP contribution in [0.2, 0.25) is 0 Å². The molecule has 2 amide bonds. The monoisotopic (exact) mass is 372 g/mol. The second-order valence-corrected chi connectivity index (χ2v) is 7.82. The summed E-state index contributed by atoms with van der Waals surface area (Å²) in [4.78, 5) is 16.5. The van der Waals surface area contributed by atoms with Crippen molar-refractivity contribution < 1.29 is 9.53 Å². The number of ether oxygens (including phenoxy) is 1. The van der Waals surface area contributed by atoms with E-state index in [4.69, 9.17) is 4.74 Å². The maximum Gasteiger partial charge on any atom is 0.324 e. The van der Waals surface area contributed by atoms with Crippen LogP contribution in [0.1, 0.15) is 39.3 Å². The molecular formula is C19H28N6O2. The molecular weight excluding hydrogens is 344 g/mol. The third-order valence-electron chi connectivity index (χ3n) is 4.46. The van der Waals surface area contributed by atoms with Crippen LogP contribution in [0.5, 0.6) is 5.88 Å². The van der Waals surface area contributed by atoms with Crippen molar-refractivity contribution in [2.24, 2.45) is 7.05 Å². The normalized spacial score (nSPS) is 15.4. The number of hydrogen-bond donors (Lipinski definition) is 3. The van der Waals surface area contributed by atoms with Crippen molar-refractivity contribution in [3.8, 4) is 5.88 Å². The van der Waals surface area contributed by atoms with Gasteiger partial charge in [-0.05, 0) is 32.0 Å². The lowest BCUT2D eigenvalue weighted by Crippen LogP contribution is -2.34. The van der Waals surface area contributed by atoms with Gasteiger partial charge in [-0.1, -0.05) is 20.8 Å². The topological polar surface area (TPSA) is 93.1 Å². The first kappa shape index (κ1) is 19.2. The van der Waals surface area contributed by atoms with Crippen molar-refractivity contribution in [1.29, 1.82) is 0 Å². The number of anilines is 2. The van der Waals surface area contributed by atoms with Crippen LogP contribution in [0.3, 0.4) is 0 Å². The first-order chi connectivity index (χ1) is 12.8. The summed E-state index contributed by atoms with van der Waals surface area (Å²) in [5.41, 5.74) is 1.44. The van der Waals surface area contributed by atoms with E-state index < -0.39 is 0 Å². The fourth-order valence-electron chi connectivity index (χ4n) is 2.84. The number of amides is 2. The standard InChI is InChI=1S/C19H28N6O2/c1-19(2,3)15-11-16(25(4)24-15)23-18(26)22-13-5-6-17(21-12-13)27-14-7-9-20-10-8-14/h5-6,11-12,14,20H,7-10H2,1-4H3,(H2,22,23,26). The van der Waals surface area contributed by atoms with Crippen molar-refractivity contribution in [3.05, 3.63) is 30.1 Å². The van der Waals surface area contributed by atoms with Crippen LogP contribution in [0.15, 0.2) is 24.4 Å². The van der Waals surface area contributed by atoms with Gasteiger partial charge in [0.05, 0.1) is 17.6 Å². The van der Waals surface area contributed by atoms with Crippen molar-refractivity contribution in [2.45, 2.75) is 45.1 Å². The van der Waals surface area contributed by atoms with E-state index in [9.17, 15) is 4.79 Å². The Kier molecular flexibility index (Phi) is 5.65. The number of rotatable bonds is 4. The van der Waals surface area contributed by atoms with Crippen LogP contribution in [0, 0.1) is 0 Å². The number of nitrogens with zero attached hydrogens (tertiary/aromatic N) is 3. The van der Waals surface area contributed by atoms with Crippen molar-refractivity contribution in [2.75, 3.05) is 23.7 Å². The molecule has 0 aliphatic carbocycles. The number of urea groups is 1. The van der Waals surface area contributed by atoms with E-state index in [-0.39, 0.29) is 17.6 Å². The highest BCUT2D eigenvalue weighted by Crippen LogP contribution is 2.23. The molecule has 0 spiro atoms. The van der Waals surface area contributed by atoms with E-state index in [1.165, 1.54) is 0 Å². The number of aryl methyl sites for hydroxylation is 1. The number of aromatic nitrogens is 3. The fraction of sp³-hybridized carbons (Fsp3) is 0.526. The Morgan fingerprint density at radius 3 is 2.59 bits per heavy atom. The summed E-state index contributed by atoms with van der Waals surface area (Å²) in [6, 6.07) is 5.10. The number of carbonyl (C=O) groups excluding carboxylic acids is 1. The molecule has 0 aromatic carbocycles. The molecule has 3 N–H and O–H groups in total. The van der Waals surface area contributed by atoms with Gasteiger partial charge in [0, 0.05) is 24.6 Å². The van der Waals surface area contributed by atoms with Crippen LogP contribution < -0.4 is 20.7 Å². The second kappa shape index (κ2) is 7.96. The Hall–Kier alpha value is -2.61. The number of nitrogens with one attached hydrogen (secondary N) is 3. The van der Waals surface area contributed by atoms with Crippen molar-refractivity contribution in [3.63, 3.8) is 0 Å². The average Bonchev–Trinajstić information content (AvgIpc) is 2.98. The number of hydrogen-bond acceptors (Lipinski definition) is 5. The first-order valence-corrected chi connectivity index (χ1v) is 9.27. The summed E-state index contributed by atoms with van der Waals surface area (Å²) in [5.74, 6) is 1.21. The lowest BCUT2D eigenvalue weighted by molar-refractivity contribution is 0.156. The minimum absolute atomic E-state index is 0.0810. The van der Waals surface area contributed by atoms with E-state index in [1.54, 1.807) is 30.1 Å². The van der Waals surface area contributed by atoms with Crippen LogP contribution in [-0.2, 0) is 12.5 Å². The summed E-state index contributed by atoms with van der Waals surface area (Å²) in [6.07, 6.45) is 3.75. The average molecular weight is 372 g/mol. The molecule has 0 atom stereocenters. The van der Waals surface area contributed by atoms with Gasteiger partial charge in [0.1, 0.15) is 11.9 Å². The predicted molar refractivity (Wildman–Crippen MR) is 105 cm³/mol. The molecule has 146 valence electrons. The maximum absolute atomic E-state index is 12.3. The van der Waals surface area contributed by atoms with Gasteiger partial charge >= 0.3 is 6.03 Å². The van der Waals surface area contributed by atoms with Gasteiger partial charge in [0.25, 0.3) is 0 Å². The van der Waals surface area contributed by atoms with Gasteiger partial charge < -0.3 is 15.4 Å². The number of carbonyl (C=O) groups is 1. The van der Waals surface area contributed by atoms with E-state index in [0.717, 1.165) is 31.6 Å². The first-order valence-electron chi connectivity index (χ1n) is 9.27. The molecule has 8 nitrogen and oxygen atoms in total. The largest absolute Gasteiger partial charge is 0.474 e. The van der Waals surface area contributed by atoms with Gasteiger partial charge in [0.15, 0.2) is 0 Å².